The molecule has 1 aromatic carbocycles. The van der Waals surface area contributed by atoms with Crippen molar-refractivity contribution in [1.29, 1.82) is 0 Å². The summed E-state index contributed by atoms with van der Waals surface area (Å²) in [5.74, 6) is 1.29. The van der Waals surface area contributed by atoms with Gasteiger partial charge in [0.05, 0.1) is 13.7 Å². The number of ether oxygens (including phenoxy) is 1. The summed E-state index contributed by atoms with van der Waals surface area (Å²) in [5.41, 5.74) is 2.32. The third-order valence-electron chi connectivity index (χ3n) is 3.91. The van der Waals surface area contributed by atoms with Gasteiger partial charge in [-0.3, -0.25) is 14.7 Å². The van der Waals surface area contributed by atoms with Crippen molar-refractivity contribution in [2.75, 3.05) is 40.3 Å². The maximum atomic E-state index is 11.5. The summed E-state index contributed by atoms with van der Waals surface area (Å²) >= 11 is 0. The zero-order valence-corrected chi connectivity index (χ0v) is 14.9. The molecule has 0 saturated carbocycles. The molecule has 25 heavy (non-hydrogen) atoms. The predicted octanol–water partition coefficient (Wildman–Crippen LogP) is 0.263. The van der Waals surface area contributed by atoms with Gasteiger partial charge in [0.1, 0.15) is 5.75 Å². The predicted molar refractivity (Wildman–Crippen MR) is 95.9 cm³/mol. The number of urea groups is 1. The van der Waals surface area contributed by atoms with Crippen LogP contribution in [0.25, 0.3) is 0 Å². The zero-order valence-electron chi connectivity index (χ0n) is 14.9. The van der Waals surface area contributed by atoms with E-state index in [2.05, 4.69) is 27.0 Å². The number of imide groups is 1. The Kier molecular flexibility index (Phi) is 6.62. The molecule has 8 heteroatoms. The number of amides is 3. The average molecular weight is 347 g/mol. The Bertz CT molecular complexity index is 644. The fourth-order valence-electron chi connectivity index (χ4n) is 2.61. The van der Waals surface area contributed by atoms with Crippen molar-refractivity contribution in [3.63, 3.8) is 0 Å². The number of carbonyl (C=O) groups excluding carboxylic acids is 2. The van der Waals surface area contributed by atoms with Gasteiger partial charge in [0, 0.05) is 26.7 Å². The van der Waals surface area contributed by atoms with Crippen molar-refractivity contribution in [3.8, 4) is 5.75 Å². The number of hydrogen-bond donors (Lipinski definition) is 3. The summed E-state index contributed by atoms with van der Waals surface area (Å²) in [6, 6.07) is 5.75. The molecule has 0 unspecified atom stereocenters. The van der Waals surface area contributed by atoms with E-state index >= 15 is 0 Å². The Labute approximate surface area is 147 Å². The van der Waals surface area contributed by atoms with Crippen LogP contribution in [0.2, 0.25) is 0 Å². The van der Waals surface area contributed by atoms with Gasteiger partial charge in [-0.15, -0.1) is 0 Å². The van der Waals surface area contributed by atoms with E-state index in [0.29, 0.717) is 25.6 Å². The number of aryl methyl sites for hydroxylation is 1. The van der Waals surface area contributed by atoms with Crippen LogP contribution in [0.3, 0.4) is 0 Å². The second-order valence-electron chi connectivity index (χ2n) is 5.70. The third-order valence-corrected chi connectivity index (χ3v) is 3.91. The fraction of sp³-hybridized carbons (Fsp3) is 0.471. The molecular formula is C17H25N5O3. The summed E-state index contributed by atoms with van der Waals surface area (Å²) < 4.78 is 5.38. The highest BCUT2D eigenvalue weighted by atomic mass is 16.5. The summed E-state index contributed by atoms with van der Waals surface area (Å²) in [7, 11) is 3.34. The number of guanidine groups is 1. The van der Waals surface area contributed by atoms with Crippen molar-refractivity contribution in [2.24, 2.45) is 4.99 Å². The molecular weight excluding hydrogens is 322 g/mol. The van der Waals surface area contributed by atoms with Gasteiger partial charge in [0.25, 0.3) is 0 Å². The minimum absolute atomic E-state index is 0.0735. The van der Waals surface area contributed by atoms with Crippen LogP contribution >= 0.6 is 0 Å². The first-order valence-electron chi connectivity index (χ1n) is 8.21. The minimum Gasteiger partial charge on any atom is -0.496 e. The number of nitrogens with zero attached hydrogens (tertiary/aromatic N) is 2. The quantitative estimate of drug-likeness (QED) is 0.374. The number of aliphatic imine (C=N–C) groups is 1. The van der Waals surface area contributed by atoms with Gasteiger partial charge in [-0.05, 0) is 25.0 Å². The summed E-state index contributed by atoms with van der Waals surface area (Å²) in [6.45, 7) is 3.54. The standard InChI is InChI=1S/C17H25N5O3/c1-12-4-5-14(25-3)13(10-12)6-7-19-16(18-2)20-8-9-22-15(23)11-21-17(22)24/h4-5,10H,6-9,11H2,1-3H3,(H,21,24)(H2,18,19,20). The molecule has 1 saturated heterocycles. The van der Waals surface area contributed by atoms with Crippen LogP contribution < -0.4 is 20.7 Å². The van der Waals surface area contributed by atoms with Crippen LogP contribution in [0.1, 0.15) is 11.1 Å². The van der Waals surface area contributed by atoms with Crippen molar-refractivity contribution < 1.29 is 14.3 Å². The first-order chi connectivity index (χ1) is 12.0. The molecule has 3 amide bonds. The van der Waals surface area contributed by atoms with E-state index in [9.17, 15) is 9.59 Å². The lowest BCUT2D eigenvalue weighted by molar-refractivity contribution is -0.124. The zero-order chi connectivity index (χ0) is 18.2. The van der Waals surface area contributed by atoms with Crippen molar-refractivity contribution in [2.45, 2.75) is 13.3 Å². The van der Waals surface area contributed by atoms with Crippen molar-refractivity contribution in [3.05, 3.63) is 29.3 Å². The van der Waals surface area contributed by atoms with E-state index < -0.39 is 0 Å². The second-order valence-corrected chi connectivity index (χ2v) is 5.70. The van der Waals surface area contributed by atoms with Gasteiger partial charge in [0.15, 0.2) is 5.96 Å². The number of nitrogens with one attached hydrogen (secondary N) is 3. The number of carbonyl (C=O) groups is 2. The highest BCUT2D eigenvalue weighted by Gasteiger charge is 2.27. The van der Waals surface area contributed by atoms with E-state index in [4.69, 9.17) is 4.74 Å². The molecule has 0 bridgehead atoms. The van der Waals surface area contributed by atoms with Gasteiger partial charge in [-0.2, -0.15) is 0 Å². The van der Waals surface area contributed by atoms with E-state index in [1.165, 1.54) is 10.5 Å². The molecule has 0 radical (unpaired) electrons. The van der Waals surface area contributed by atoms with Gasteiger partial charge in [-0.1, -0.05) is 17.7 Å². The number of rotatable bonds is 7. The molecule has 1 fully saturated rings. The van der Waals surface area contributed by atoms with Crippen LogP contribution in [-0.2, 0) is 11.2 Å². The van der Waals surface area contributed by atoms with Gasteiger partial charge < -0.3 is 20.7 Å². The second kappa shape index (κ2) is 8.91. The molecule has 1 heterocycles. The molecule has 0 atom stereocenters. The Hall–Kier alpha value is -2.77. The molecule has 1 aliphatic rings. The first-order valence-corrected chi connectivity index (χ1v) is 8.21. The Morgan fingerprint density at radius 1 is 1.32 bits per heavy atom. The molecule has 8 nitrogen and oxygen atoms in total. The van der Waals surface area contributed by atoms with Crippen LogP contribution in [0.15, 0.2) is 23.2 Å². The minimum atomic E-state index is -0.346. The number of methoxy groups -OCH3 is 1. The van der Waals surface area contributed by atoms with Gasteiger partial charge in [-0.25, -0.2) is 4.79 Å². The van der Waals surface area contributed by atoms with E-state index in [0.717, 1.165) is 17.7 Å². The molecule has 2 rings (SSSR count). The SMILES string of the molecule is CN=C(NCCc1cc(C)ccc1OC)NCCN1C(=O)CNC1=O. The maximum absolute atomic E-state index is 11.5. The Morgan fingerprint density at radius 2 is 2.08 bits per heavy atom. The number of benzene rings is 1. The molecule has 1 aliphatic heterocycles. The lowest BCUT2D eigenvalue weighted by Gasteiger charge is -2.16. The lowest BCUT2D eigenvalue weighted by atomic mass is 10.1. The average Bonchev–Trinajstić information content (AvgIpc) is 2.92. The monoisotopic (exact) mass is 347 g/mol. The summed E-state index contributed by atoms with van der Waals surface area (Å²) in [5, 5.41) is 8.80. The van der Waals surface area contributed by atoms with Crippen molar-refractivity contribution in [1.82, 2.24) is 20.9 Å². The molecule has 136 valence electrons. The van der Waals surface area contributed by atoms with Crippen LogP contribution in [0.5, 0.6) is 5.75 Å². The van der Waals surface area contributed by atoms with Crippen molar-refractivity contribution >= 4 is 17.9 Å². The van der Waals surface area contributed by atoms with Crippen LogP contribution in [0, 0.1) is 6.92 Å². The smallest absolute Gasteiger partial charge is 0.324 e. The van der Waals surface area contributed by atoms with Crippen LogP contribution in [0.4, 0.5) is 4.79 Å². The largest absolute Gasteiger partial charge is 0.496 e. The normalized spacial score (nSPS) is 14.5. The fourth-order valence-corrected chi connectivity index (χ4v) is 2.61. The third kappa shape index (κ3) is 5.10. The number of hydrogen-bond acceptors (Lipinski definition) is 4. The maximum Gasteiger partial charge on any atom is 0.324 e. The Balaban J connectivity index is 1.76. The highest BCUT2D eigenvalue weighted by molar-refractivity contribution is 6.01. The lowest BCUT2D eigenvalue weighted by Crippen LogP contribution is -2.43. The van der Waals surface area contributed by atoms with E-state index in [1.54, 1.807) is 14.2 Å². The molecule has 0 spiro atoms. The molecule has 3 N–H and O–H groups in total. The van der Waals surface area contributed by atoms with E-state index in [1.807, 2.05) is 19.1 Å². The van der Waals surface area contributed by atoms with Crippen LogP contribution in [-0.4, -0.2) is 63.1 Å². The Morgan fingerprint density at radius 3 is 2.72 bits per heavy atom. The highest BCUT2D eigenvalue weighted by Crippen LogP contribution is 2.19. The summed E-state index contributed by atoms with van der Waals surface area (Å²) in [6.07, 6.45) is 0.790. The first kappa shape index (κ1) is 18.6. The van der Waals surface area contributed by atoms with Gasteiger partial charge in [0.2, 0.25) is 5.91 Å². The summed E-state index contributed by atoms with van der Waals surface area (Å²) in [4.78, 5) is 28.3. The topological polar surface area (TPSA) is 95.1 Å². The molecule has 0 aromatic heterocycles. The van der Waals surface area contributed by atoms with Gasteiger partial charge >= 0.3 is 6.03 Å². The molecule has 0 aliphatic carbocycles. The van der Waals surface area contributed by atoms with E-state index in [-0.39, 0.29) is 18.5 Å². The molecule has 1 aromatic rings.